The van der Waals surface area contributed by atoms with E-state index < -0.39 is 0 Å². The average Bonchev–Trinajstić information content (AvgIpc) is 3.36. The van der Waals surface area contributed by atoms with E-state index in [-0.39, 0.29) is 24.0 Å². The Morgan fingerprint density at radius 2 is 1.85 bits per heavy atom. The highest BCUT2D eigenvalue weighted by atomic mass is 16.5. The maximum atomic E-state index is 12.9. The molecule has 0 aliphatic rings. The number of hydrogen-bond acceptors (Lipinski definition) is 6. The number of carbonyl (C=O) groups excluding carboxylic acids is 1. The van der Waals surface area contributed by atoms with E-state index in [2.05, 4.69) is 5.32 Å². The molecule has 170 valence electrons. The van der Waals surface area contributed by atoms with Crippen molar-refractivity contribution < 1.29 is 23.1 Å². The molecule has 2 aromatic carbocycles. The van der Waals surface area contributed by atoms with Gasteiger partial charge >= 0.3 is 0 Å². The molecule has 0 radical (unpaired) electrons. The van der Waals surface area contributed by atoms with Gasteiger partial charge in [0, 0.05) is 18.5 Å². The van der Waals surface area contributed by atoms with Crippen molar-refractivity contribution in [2.24, 2.45) is 0 Å². The van der Waals surface area contributed by atoms with Gasteiger partial charge in [-0.1, -0.05) is 12.1 Å². The van der Waals surface area contributed by atoms with Crippen molar-refractivity contribution in [2.45, 2.75) is 25.8 Å². The second-order valence-electron chi connectivity index (χ2n) is 7.74. The number of fused-ring (bicyclic) bond motifs is 1. The third-order valence-electron chi connectivity index (χ3n) is 5.33. The fourth-order valence-electron chi connectivity index (χ4n) is 3.52. The molecule has 0 aliphatic heterocycles. The van der Waals surface area contributed by atoms with Crippen LogP contribution < -0.4 is 20.2 Å². The van der Waals surface area contributed by atoms with E-state index >= 15 is 0 Å². The fourth-order valence-corrected chi connectivity index (χ4v) is 3.52. The van der Waals surface area contributed by atoms with E-state index in [1.807, 2.05) is 31.2 Å². The minimum Gasteiger partial charge on any atom is -0.497 e. The average molecular weight is 447 g/mol. The molecule has 1 N–H and O–H groups in total. The summed E-state index contributed by atoms with van der Waals surface area (Å²) < 4.78 is 21.8. The number of carbonyl (C=O) groups is 1. The summed E-state index contributed by atoms with van der Waals surface area (Å²) >= 11 is 0. The molecule has 1 atom stereocenters. The summed E-state index contributed by atoms with van der Waals surface area (Å²) in [5.74, 6) is 1.82. The van der Waals surface area contributed by atoms with Crippen LogP contribution in [0, 0.1) is 0 Å². The molecule has 2 aromatic heterocycles. The van der Waals surface area contributed by atoms with Crippen molar-refractivity contribution >= 4 is 16.9 Å². The van der Waals surface area contributed by atoms with Gasteiger partial charge in [-0.25, -0.2) is 0 Å². The lowest BCUT2D eigenvalue weighted by atomic mass is 10.1. The minimum atomic E-state index is -0.224. The van der Waals surface area contributed by atoms with Crippen molar-refractivity contribution in [3.05, 3.63) is 83.1 Å². The molecule has 7 nitrogen and oxygen atoms in total. The summed E-state index contributed by atoms with van der Waals surface area (Å²) in [6.45, 7) is 1.80. The Bertz CT molecular complexity index is 1270. The molecule has 0 bridgehead atoms. The van der Waals surface area contributed by atoms with Crippen molar-refractivity contribution in [1.29, 1.82) is 0 Å². The van der Waals surface area contributed by atoms with Crippen molar-refractivity contribution in [1.82, 2.24) is 5.32 Å². The molecule has 0 fully saturated rings. The Morgan fingerprint density at radius 3 is 2.58 bits per heavy atom. The number of furan rings is 1. The first kappa shape index (κ1) is 22.2. The summed E-state index contributed by atoms with van der Waals surface area (Å²) in [5, 5.41) is 3.34. The quantitative estimate of drug-likeness (QED) is 0.404. The first-order valence-electron chi connectivity index (χ1n) is 10.7. The third-order valence-corrected chi connectivity index (χ3v) is 5.33. The molecule has 0 saturated heterocycles. The Morgan fingerprint density at radius 1 is 1.06 bits per heavy atom. The van der Waals surface area contributed by atoms with Crippen LogP contribution in [0.15, 0.2) is 80.8 Å². The molecule has 0 spiro atoms. The van der Waals surface area contributed by atoms with Crippen LogP contribution in [0.1, 0.15) is 19.1 Å². The lowest BCUT2D eigenvalue weighted by Gasteiger charge is -2.14. The number of hydrogen-bond donors (Lipinski definition) is 1. The molecule has 0 saturated carbocycles. The van der Waals surface area contributed by atoms with E-state index in [0.29, 0.717) is 28.0 Å². The Hall–Kier alpha value is -4.00. The molecule has 4 aromatic rings. The van der Waals surface area contributed by atoms with Gasteiger partial charge in [-0.2, -0.15) is 0 Å². The monoisotopic (exact) mass is 447 g/mol. The molecule has 7 heteroatoms. The molecule has 1 amide bonds. The SMILES string of the molecule is COc1ccc(-c2coc3cc(OCC(=O)NC(C)CCc4ccco4)ccc3c2=O)cc1. The van der Waals surface area contributed by atoms with Gasteiger partial charge in [0.25, 0.3) is 5.91 Å². The lowest BCUT2D eigenvalue weighted by Crippen LogP contribution is -2.36. The molecular weight excluding hydrogens is 422 g/mol. The minimum absolute atomic E-state index is 0.0165. The fraction of sp³-hybridized carbons (Fsp3) is 0.231. The summed E-state index contributed by atoms with van der Waals surface area (Å²) in [4.78, 5) is 25.1. The number of rotatable bonds is 9. The highest BCUT2D eigenvalue weighted by molar-refractivity contribution is 5.83. The van der Waals surface area contributed by atoms with E-state index in [9.17, 15) is 9.59 Å². The maximum absolute atomic E-state index is 12.9. The van der Waals surface area contributed by atoms with Crippen LogP contribution in [-0.2, 0) is 11.2 Å². The molecule has 2 heterocycles. The van der Waals surface area contributed by atoms with Crippen molar-refractivity contribution in [2.75, 3.05) is 13.7 Å². The van der Waals surface area contributed by atoms with Crippen molar-refractivity contribution in [3.63, 3.8) is 0 Å². The van der Waals surface area contributed by atoms with Gasteiger partial charge in [-0.3, -0.25) is 9.59 Å². The zero-order valence-corrected chi connectivity index (χ0v) is 18.5. The maximum Gasteiger partial charge on any atom is 0.258 e. The predicted molar refractivity (Wildman–Crippen MR) is 125 cm³/mol. The van der Waals surface area contributed by atoms with Crippen molar-refractivity contribution in [3.8, 4) is 22.6 Å². The Labute approximate surface area is 190 Å². The van der Waals surface area contributed by atoms with Crippen LogP contribution in [0.2, 0.25) is 0 Å². The van der Waals surface area contributed by atoms with E-state index in [4.69, 9.17) is 18.3 Å². The van der Waals surface area contributed by atoms with Gasteiger partial charge in [0.2, 0.25) is 0 Å². The van der Waals surface area contributed by atoms with Crippen LogP contribution in [-0.4, -0.2) is 25.7 Å². The molecule has 1 unspecified atom stereocenters. The molecule has 0 aliphatic carbocycles. The molecule has 33 heavy (non-hydrogen) atoms. The molecule has 4 rings (SSSR count). The van der Waals surface area contributed by atoms with Crippen LogP contribution in [0.3, 0.4) is 0 Å². The van der Waals surface area contributed by atoms with E-state index in [0.717, 1.165) is 24.2 Å². The van der Waals surface area contributed by atoms with Crippen LogP contribution in [0.4, 0.5) is 0 Å². The zero-order valence-electron chi connectivity index (χ0n) is 18.5. The zero-order chi connectivity index (χ0) is 23.2. The number of methoxy groups -OCH3 is 1. The van der Waals surface area contributed by atoms with E-state index in [1.165, 1.54) is 6.26 Å². The van der Waals surface area contributed by atoms with Gasteiger partial charge in [-0.05, 0) is 55.3 Å². The second-order valence-corrected chi connectivity index (χ2v) is 7.74. The van der Waals surface area contributed by atoms with Gasteiger partial charge < -0.3 is 23.6 Å². The summed E-state index contributed by atoms with van der Waals surface area (Å²) in [6.07, 6.45) is 4.58. The van der Waals surface area contributed by atoms with Crippen LogP contribution in [0.25, 0.3) is 22.1 Å². The number of benzene rings is 2. The summed E-state index contributed by atoms with van der Waals surface area (Å²) in [5.41, 5.74) is 1.45. The molecular formula is C26H25NO6. The van der Waals surface area contributed by atoms with Crippen LogP contribution >= 0.6 is 0 Å². The summed E-state index contributed by atoms with van der Waals surface area (Å²) in [6, 6.07) is 15.9. The van der Waals surface area contributed by atoms with Gasteiger partial charge in [0.05, 0.1) is 24.3 Å². The Kier molecular flexibility index (Phi) is 6.78. The first-order chi connectivity index (χ1) is 16.0. The van der Waals surface area contributed by atoms with E-state index in [1.54, 1.807) is 43.7 Å². The number of amides is 1. The number of nitrogens with one attached hydrogen (secondary N) is 1. The number of aryl methyl sites for hydroxylation is 1. The highest BCUT2D eigenvalue weighted by Gasteiger charge is 2.12. The number of ether oxygens (including phenoxy) is 2. The first-order valence-corrected chi connectivity index (χ1v) is 10.7. The smallest absolute Gasteiger partial charge is 0.258 e. The largest absolute Gasteiger partial charge is 0.497 e. The topological polar surface area (TPSA) is 90.9 Å². The lowest BCUT2D eigenvalue weighted by molar-refractivity contribution is -0.123. The highest BCUT2D eigenvalue weighted by Crippen LogP contribution is 2.24. The normalized spacial score (nSPS) is 11.8. The predicted octanol–water partition coefficient (Wildman–Crippen LogP) is 4.58. The second kappa shape index (κ2) is 10.1. The third kappa shape index (κ3) is 5.44. The van der Waals surface area contributed by atoms with Crippen LogP contribution in [0.5, 0.6) is 11.5 Å². The van der Waals surface area contributed by atoms with Gasteiger partial charge in [0.1, 0.15) is 29.1 Å². The van der Waals surface area contributed by atoms with Gasteiger partial charge in [0.15, 0.2) is 12.0 Å². The Balaban J connectivity index is 1.37. The van der Waals surface area contributed by atoms with Gasteiger partial charge in [-0.15, -0.1) is 0 Å². The summed E-state index contributed by atoms with van der Waals surface area (Å²) in [7, 11) is 1.59. The standard InChI is InChI=1S/C26H25NO6/c1-17(5-8-20-4-3-13-31-20)27-25(28)16-32-21-11-12-22-24(14-21)33-15-23(26(22)29)18-6-9-19(30-2)10-7-18/h3-4,6-7,9-15,17H,5,8,16H2,1-2H3,(H,27,28).